The number of rotatable bonds is 5. The third kappa shape index (κ3) is 2.56. The van der Waals surface area contributed by atoms with Crippen molar-refractivity contribution < 1.29 is 0 Å². The van der Waals surface area contributed by atoms with Crippen LogP contribution in [0.2, 0.25) is 5.02 Å². The van der Waals surface area contributed by atoms with Gasteiger partial charge >= 0.3 is 0 Å². The molecule has 0 saturated carbocycles. The molecule has 0 aliphatic carbocycles. The van der Waals surface area contributed by atoms with Gasteiger partial charge in [-0.3, -0.25) is 0 Å². The molecule has 1 N–H and O–H groups in total. The van der Waals surface area contributed by atoms with Crippen LogP contribution in [0.5, 0.6) is 0 Å². The molecule has 1 unspecified atom stereocenters. The van der Waals surface area contributed by atoms with Crippen LogP contribution in [-0.4, -0.2) is 13.6 Å². The molecule has 0 aliphatic rings. The lowest BCUT2D eigenvalue weighted by Crippen LogP contribution is -2.14. The first-order valence-corrected chi connectivity index (χ1v) is 7.72. The number of halogens is 1. The van der Waals surface area contributed by atoms with Crippen LogP contribution in [0.15, 0.2) is 18.2 Å². The van der Waals surface area contributed by atoms with E-state index in [2.05, 4.69) is 31.3 Å². The molecule has 0 radical (unpaired) electrons. The molecule has 1 nitrogen and oxygen atoms in total. The van der Waals surface area contributed by atoms with Crippen molar-refractivity contribution in [1.82, 2.24) is 5.32 Å². The minimum atomic E-state index is 0.546. The Balaban J connectivity index is 2.57. The van der Waals surface area contributed by atoms with Crippen LogP contribution in [0, 0.1) is 0 Å². The molecule has 18 heavy (non-hydrogen) atoms. The Kier molecular flexibility index (Phi) is 4.66. The Morgan fingerprint density at radius 3 is 2.83 bits per heavy atom. The Hall–Kier alpha value is -0.570. The van der Waals surface area contributed by atoms with Gasteiger partial charge in [-0.15, -0.1) is 11.3 Å². The van der Waals surface area contributed by atoms with Gasteiger partial charge in [0.1, 0.15) is 0 Å². The predicted octanol–water partition coefficient (Wildman–Crippen LogP) is 4.83. The maximum atomic E-state index is 6.32. The highest BCUT2D eigenvalue weighted by molar-refractivity contribution is 7.20. The summed E-state index contributed by atoms with van der Waals surface area (Å²) in [7, 11) is 2.01. The lowest BCUT2D eigenvalue weighted by atomic mass is 9.99. The molecular weight excluding hydrogens is 262 g/mol. The van der Waals surface area contributed by atoms with Crippen LogP contribution in [0.4, 0.5) is 0 Å². The SMILES string of the molecule is CCCc1c(C(C)CNC)sc2c(Cl)cccc12. The largest absolute Gasteiger partial charge is 0.319 e. The molecule has 3 heteroatoms. The second kappa shape index (κ2) is 6.05. The summed E-state index contributed by atoms with van der Waals surface area (Å²) in [5.41, 5.74) is 1.50. The average Bonchev–Trinajstić information content (AvgIpc) is 2.71. The van der Waals surface area contributed by atoms with Gasteiger partial charge in [-0.2, -0.15) is 0 Å². The summed E-state index contributed by atoms with van der Waals surface area (Å²) in [5, 5.41) is 5.51. The normalized spacial score (nSPS) is 13.1. The Morgan fingerprint density at radius 2 is 2.17 bits per heavy atom. The number of hydrogen-bond donors (Lipinski definition) is 1. The van der Waals surface area contributed by atoms with Crippen molar-refractivity contribution in [2.24, 2.45) is 0 Å². The van der Waals surface area contributed by atoms with Crippen molar-refractivity contribution in [2.75, 3.05) is 13.6 Å². The molecule has 0 saturated heterocycles. The standard InChI is InChI=1S/C15H20ClNS/c1-4-6-11-12-7-5-8-13(16)15(12)18-14(11)10(2)9-17-3/h5,7-8,10,17H,4,6,9H2,1-3H3. The van der Waals surface area contributed by atoms with Gasteiger partial charge in [0.05, 0.1) is 9.72 Å². The van der Waals surface area contributed by atoms with E-state index in [1.165, 1.54) is 26.9 Å². The molecule has 0 bridgehead atoms. The third-order valence-electron chi connectivity index (χ3n) is 3.26. The van der Waals surface area contributed by atoms with Crippen molar-refractivity contribution >= 4 is 33.0 Å². The van der Waals surface area contributed by atoms with E-state index < -0.39 is 0 Å². The van der Waals surface area contributed by atoms with Gasteiger partial charge in [0.15, 0.2) is 0 Å². The van der Waals surface area contributed by atoms with Gasteiger partial charge in [-0.1, -0.05) is 44.0 Å². The molecule has 0 fully saturated rings. The summed E-state index contributed by atoms with van der Waals surface area (Å²) >= 11 is 8.19. The van der Waals surface area contributed by atoms with E-state index >= 15 is 0 Å². The molecule has 2 rings (SSSR count). The van der Waals surface area contributed by atoms with E-state index in [1.807, 2.05) is 24.5 Å². The van der Waals surface area contributed by atoms with E-state index in [0.717, 1.165) is 18.0 Å². The quantitative estimate of drug-likeness (QED) is 0.828. The first kappa shape index (κ1) is 13.9. The summed E-state index contributed by atoms with van der Waals surface area (Å²) in [6.45, 7) is 5.54. The van der Waals surface area contributed by atoms with E-state index in [4.69, 9.17) is 11.6 Å². The lowest BCUT2D eigenvalue weighted by molar-refractivity contribution is 0.681. The smallest absolute Gasteiger partial charge is 0.0584 e. The number of aryl methyl sites for hydroxylation is 1. The summed E-state index contributed by atoms with van der Waals surface area (Å²) in [6, 6.07) is 6.25. The predicted molar refractivity (Wildman–Crippen MR) is 83.2 cm³/mol. The fourth-order valence-corrected chi connectivity index (χ4v) is 4.06. The minimum absolute atomic E-state index is 0.546. The lowest BCUT2D eigenvalue weighted by Gasteiger charge is -2.11. The van der Waals surface area contributed by atoms with Crippen molar-refractivity contribution in [3.8, 4) is 0 Å². The van der Waals surface area contributed by atoms with Gasteiger partial charge in [-0.05, 0) is 30.5 Å². The zero-order valence-corrected chi connectivity index (χ0v) is 12.8. The summed E-state index contributed by atoms with van der Waals surface area (Å²) in [6.07, 6.45) is 2.32. The molecule has 2 aromatic rings. The van der Waals surface area contributed by atoms with E-state index in [1.54, 1.807) is 0 Å². The van der Waals surface area contributed by atoms with Crippen LogP contribution in [0.3, 0.4) is 0 Å². The molecule has 0 amide bonds. The molecule has 98 valence electrons. The van der Waals surface area contributed by atoms with Crippen LogP contribution in [0.1, 0.15) is 36.6 Å². The van der Waals surface area contributed by atoms with Crippen molar-refractivity contribution in [2.45, 2.75) is 32.6 Å². The van der Waals surface area contributed by atoms with Gasteiger partial charge in [0.2, 0.25) is 0 Å². The third-order valence-corrected chi connectivity index (χ3v) is 5.20. The number of benzene rings is 1. The second-order valence-corrected chi connectivity index (χ2v) is 6.23. The van der Waals surface area contributed by atoms with Crippen molar-refractivity contribution in [3.63, 3.8) is 0 Å². The van der Waals surface area contributed by atoms with Crippen molar-refractivity contribution in [3.05, 3.63) is 33.7 Å². The van der Waals surface area contributed by atoms with E-state index in [-0.39, 0.29) is 0 Å². The zero-order chi connectivity index (χ0) is 13.1. The highest BCUT2D eigenvalue weighted by atomic mass is 35.5. The minimum Gasteiger partial charge on any atom is -0.319 e. The maximum Gasteiger partial charge on any atom is 0.0584 e. The van der Waals surface area contributed by atoms with Gasteiger partial charge < -0.3 is 5.32 Å². The Labute approximate surface area is 118 Å². The number of nitrogens with one attached hydrogen (secondary N) is 1. The zero-order valence-electron chi connectivity index (χ0n) is 11.2. The highest BCUT2D eigenvalue weighted by Gasteiger charge is 2.17. The topological polar surface area (TPSA) is 12.0 Å². The first-order chi connectivity index (χ1) is 8.69. The number of hydrogen-bond acceptors (Lipinski definition) is 2. The number of likely N-dealkylation sites (N-methyl/N-ethyl adjacent to an activating group) is 1. The van der Waals surface area contributed by atoms with Crippen molar-refractivity contribution in [1.29, 1.82) is 0 Å². The molecule has 1 atom stereocenters. The monoisotopic (exact) mass is 281 g/mol. The molecular formula is C15H20ClNS. The van der Waals surface area contributed by atoms with E-state index in [9.17, 15) is 0 Å². The second-order valence-electron chi connectivity index (χ2n) is 4.77. The molecule has 1 aromatic carbocycles. The van der Waals surface area contributed by atoms with Crippen LogP contribution in [0.25, 0.3) is 10.1 Å². The van der Waals surface area contributed by atoms with Gasteiger partial charge in [0, 0.05) is 17.3 Å². The van der Waals surface area contributed by atoms with Gasteiger partial charge in [-0.25, -0.2) is 0 Å². The first-order valence-electron chi connectivity index (χ1n) is 6.53. The molecule has 1 heterocycles. The summed E-state index contributed by atoms with van der Waals surface area (Å²) < 4.78 is 1.25. The summed E-state index contributed by atoms with van der Waals surface area (Å²) in [4.78, 5) is 1.49. The number of fused-ring (bicyclic) bond motifs is 1. The summed E-state index contributed by atoms with van der Waals surface area (Å²) in [5.74, 6) is 0.546. The van der Waals surface area contributed by atoms with Crippen LogP contribution < -0.4 is 5.32 Å². The van der Waals surface area contributed by atoms with Crippen LogP contribution in [-0.2, 0) is 6.42 Å². The fraction of sp³-hybridized carbons (Fsp3) is 0.467. The van der Waals surface area contributed by atoms with E-state index in [0.29, 0.717) is 5.92 Å². The Morgan fingerprint density at radius 1 is 1.39 bits per heavy atom. The average molecular weight is 282 g/mol. The van der Waals surface area contributed by atoms with Gasteiger partial charge in [0.25, 0.3) is 0 Å². The maximum absolute atomic E-state index is 6.32. The highest BCUT2D eigenvalue weighted by Crippen LogP contribution is 2.39. The molecule has 0 aliphatic heterocycles. The van der Waals surface area contributed by atoms with Crippen LogP contribution >= 0.6 is 22.9 Å². The molecule has 1 aromatic heterocycles. The fourth-order valence-electron chi connectivity index (χ4n) is 2.46. The Bertz CT molecular complexity index is 533. The number of thiophene rings is 1. The molecule has 0 spiro atoms.